The molecule has 7 nitrogen and oxygen atoms in total. The van der Waals surface area contributed by atoms with Gasteiger partial charge in [0, 0.05) is 25.1 Å². The Kier molecular flexibility index (Phi) is 6.40. The topological polar surface area (TPSA) is 88.6 Å². The molecule has 172 valence electrons. The maximum atomic E-state index is 12.9. The Hall–Kier alpha value is -3.91. The molecule has 0 radical (unpaired) electrons. The highest BCUT2D eigenvalue weighted by Crippen LogP contribution is 2.39. The summed E-state index contributed by atoms with van der Waals surface area (Å²) in [4.78, 5) is 32.6. The molecule has 4 heterocycles. The van der Waals surface area contributed by atoms with Gasteiger partial charge in [0.15, 0.2) is 10.9 Å². The molecule has 1 aliphatic rings. The second kappa shape index (κ2) is 9.93. The van der Waals surface area contributed by atoms with Gasteiger partial charge < -0.3 is 19.1 Å². The van der Waals surface area contributed by atoms with E-state index < -0.39 is 0 Å². The number of aromatic nitrogens is 1. The van der Waals surface area contributed by atoms with Crippen molar-refractivity contribution in [1.29, 1.82) is 0 Å². The third-order valence-electron chi connectivity index (χ3n) is 5.75. The molecule has 8 heteroatoms. The van der Waals surface area contributed by atoms with E-state index in [1.807, 2.05) is 54.6 Å². The number of nitrogens with one attached hydrogen (secondary N) is 1. The second-order valence-corrected chi connectivity index (χ2v) is 8.98. The van der Waals surface area contributed by atoms with Crippen LogP contribution in [0.25, 0.3) is 28.2 Å². The number of hydrogen-bond acceptors (Lipinski definition) is 6. The van der Waals surface area contributed by atoms with Crippen LogP contribution in [0.3, 0.4) is 0 Å². The lowest BCUT2D eigenvalue weighted by molar-refractivity contribution is -0.130. The lowest BCUT2D eigenvalue weighted by atomic mass is 9.96. The zero-order chi connectivity index (χ0) is 23.3. The van der Waals surface area contributed by atoms with E-state index in [1.165, 1.54) is 11.3 Å². The van der Waals surface area contributed by atoms with Crippen LogP contribution in [0, 0.1) is 5.92 Å². The first-order valence-corrected chi connectivity index (χ1v) is 11.9. The first kappa shape index (κ1) is 21.9. The van der Waals surface area contributed by atoms with E-state index in [-0.39, 0.29) is 17.7 Å². The first-order valence-electron chi connectivity index (χ1n) is 11.1. The number of carbonyl (C=O) groups is 2. The van der Waals surface area contributed by atoms with Gasteiger partial charge in [-0.3, -0.25) is 9.59 Å². The summed E-state index contributed by atoms with van der Waals surface area (Å²) < 4.78 is 11.1. The van der Waals surface area contributed by atoms with Crippen molar-refractivity contribution in [2.45, 2.75) is 12.8 Å². The van der Waals surface area contributed by atoms with Crippen LogP contribution in [0.5, 0.6) is 0 Å². The fraction of sp³-hybridized carbons (Fsp3) is 0.192. The lowest BCUT2D eigenvalue weighted by Crippen LogP contribution is -2.40. The third kappa shape index (κ3) is 4.87. The lowest BCUT2D eigenvalue weighted by Gasteiger charge is -2.30. The predicted octanol–water partition coefficient (Wildman–Crippen LogP) is 5.55. The predicted molar refractivity (Wildman–Crippen MR) is 131 cm³/mol. The highest BCUT2D eigenvalue weighted by molar-refractivity contribution is 7.19. The van der Waals surface area contributed by atoms with Gasteiger partial charge >= 0.3 is 0 Å². The van der Waals surface area contributed by atoms with E-state index in [0.717, 1.165) is 10.4 Å². The molecule has 4 aromatic rings. The van der Waals surface area contributed by atoms with Gasteiger partial charge in [-0.05, 0) is 48.7 Å². The van der Waals surface area contributed by atoms with Crippen molar-refractivity contribution in [2.75, 3.05) is 18.4 Å². The molecular weight excluding hydrogens is 450 g/mol. The number of thiazole rings is 1. The van der Waals surface area contributed by atoms with E-state index in [9.17, 15) is 9.59 Å². The molecule has 2 amide bonds. The molecular formula is C26H23N3O4S. The fourth-order valence-corrected chi connectivity index (χ4v) is 4.88. The zero-order valence-electron chi connectivity index (χ0n) is 18.3. The highest BCUT2D eigenvalue weighted by Gasteiger charge is 2.28. The molecule has 1 aliphatic heterocycles. The normalized spacial score (nSPS) is 14.5. The van der Waals surface area contributed by atoms with Gasteiger partial charge in [0.25, 0.3) is 0 Å². The maximum absolute atomic E-state index is 12.9. The quantitative estimate of drug-likeness (QED) is 0.371. The fourth-order valence-electron chi connectivity index (χ4n) is 3.94. The minimum Gasteiger partial charge on any atom is -0.463 e. The smallest absolute Gasteiger partial charge is 0.246 e. The molecule has 3 aromatic heterocycles. The first-order chi connectivity index (χ1) is 16.7. The minimum absolute atomic E-state index is 0.0335. The second-order valence-electron chi connectivity index (χ2n) is 7.98. The van der Waals surface area contributed by atoms with Gasteiger partial charge in [0.1, 0.15) is 16.3 Å². The third-order valence-corrected chi connectivity index (χ3v) is 6.74. The molecule has 0 atom stereocenters. The number of anilines is 1. The van der Waals surface area contributed by atoms with Gasteiger partial charge in [-0.1, -0.05) is 41.7 Å². The van der Waals surface area contributed by atoms with Gasteiger partial charge in [-0.15, -0.1) is 0 Å². The Morgan fingerprint density at radius 3 is 2.35 bits per heavy atom. The summed E-state index contributed by atoms with van der Waals surface area (Å²) in [7, 11) is 0. The molecule has 1 N–H and O–H groups in total. The highest BCUT2D eigenvalue weighted by atomic mass is 32.1. The molecule has 1 fully saturated rings. The Labute approximate surface area is 200 Å². The maximum Gasteiger partial charge on any atom is 0.246 e. The number of benzene rings is 1. The zero-order valence-corrected chi connectivity index (χ0v) is 19.2. The van der Waals surface area contributed by atoms with Crippen LogP contribution >= 0.6 is 11.3 Å². The average Bonchev–Trinajstić information content (AvgIpc) is 3.65. The number of rotatable bonds is 6. The van der Waals surface area contributed by atoms with Crippen LogP contribution in [-0.4, -0.2) is 34.8 Å². The largest absolute Gasteiger partial charge is 0.463 e. The monoisotopic (exact) mass is 473 g/mol. The molecule has 0 bridgehead atoms. The molecule has 0 aliphatic carbocycles. The summed E-state index contributed by atoms with van der Waals surface area (Å²) in [5.74, 6) is 0.981. The standard InChI is InChI=1S/C26H23N3O4S/c30-22(11-10-18-6-2-1-3-7-18)29-14-12-19(13-15-29)25(31)28-26-27-23(20-8-4-16-32-20)24(34-26)21-9-5-17-33-21/h1-11,16-17,19H,12-15H2,(H,27,28,31). The van der Waals surface area contributed by atoms with Gasteiger partial charge in [0.05, 0.1) is 12.5 Å². The van der Waals surface area contributed by atoms with Crippen molar-refractivity contribution in [3.8, 4) is 22.1 Å². The summed E-state index contributed by atoms with van der Waals surface area (Å²) >= 11 is 1.35. The van der Waals surface area contributed by atoms with E-state index in [4.69, 9.17) is 8.83 Å². The van der Waals surface area contributed by atoms with Crippen molar-refractivity contribution in [1.82, 2.24) is 9.88 Å². The number of hydrogen-bond donors (Lipinski definition) is 1. The van der Waals surface area contributed by atoms with Crippen LogP contribution in [0.15, 0.2) is 82.0 Å². The van der Waals surface area contributed by atoms with Crippen molar-refractivity contribution in [2.24, 2.45) is 5.92 Å². The van der Waals surface area contributed by atoms with Crippen molar-refractivity contribution in [3.63, 3.8) is 0 Å². The Morgan fingerprint density at radius 1 is 0.971 bits per heavy atom. The SMILES string of the molecule is O=C(Nc1nc(-c2ccco2)c(-c2ccco2)s1)C1CCN(C(=O)C=Cc2ccccc2)CC1. The van der Waals surface area contributed by atoms with Crippen LogP contribution < -0.4 is 5.32 Å². The van der Waals surface area contributed by atoms with E-state index >= 15 is 0 Å². The van der Waals surface area contributed by atoms with E-state index in [1.54, 1.807) is 29.6 Å². The van der Waals surface area contributed by atoms with Crippen LogP contribution in [0.2, 0.25) is 0 Å². The molecule has 0 spiro atoms. The van der Waals surface area contributed by atoms with Gasteiger partial charge in [-0.25, -0.2) is 4.98 Å². The van der Waals surface area contributed by atoms with Gasteiger partial charge in [0.2, 0.25) is 11.8 Å². The van der Waals surface area contributed by atoms with Crippen molar-refractivity contribution >= 4 is 34.4 Å². The van der Waals surface area contributed by atoms with Crippen LogP contribution in [0.1, 0.15) is 18.4 Å². The average molecular weight is 474 g/mol. The Morgan fingerprint density at radius 2 is 1.68 bits per heavy atom. The number of piperidine rings is 1. The number of carbonyl (C=O) groups excluding carboxylic acids is 2. The van der Waals surface area contributed by atoms with Crippen LogP contribution in [-0.2, 0) is 9.59 Å². The summed E-state index contributed by atoms with van der Waals surface area (Å²) in [6, 6.07) is 17.0. The van der Waals surface area contributed by atoms with Gasteiger partial charge in [-0.2, -0.15) is 0 Å². The van der Waals surface area contributed by atoms with Crippen molar-refractivity contribution < 1.29 is 18.4 Å². The molecule has 5 rings (SSSR count). The number of furan rings is 2. The summed E-state index contributed by atoms with van der Waals surface area (Å²) in [5, 5.41) is 3.45. The van der Waals surface area contributed by atoms with E-state index in [0.29, 0.717) is 48.3 Å². The summed E-state index contributed by atoms with van der Waals surface area (Å²) in [5.41, 5.74) is 1.61. The number of amides is 2. The summed E-state index contributed by atoms with van der Waals surface area (Å²) in [6.07, 6.45) is 7.82. The molecule has 0 unspecified atom stereocenters. The molecule has 0 saturated carbocycles. The minimum atomic E-state index is -0.176. The van der Waals surface area contributed by atoms with Crippen LogP contribution in [0.4, 0.5) is 5.13 Å². The molecule has 1 aromatic carbocycles. The van der Waals surface area contributed by atoms with E-state index in [2.05, 4.69) is 10.3 Å². The van der Waals surface area contributed by atoms with Crippen molar-refractivity contribution in [3.05, 3.63) is 78.8 Å². The number of likely N-dealkylation sites (tertiary alicyclic amines) is 1. The molecule has 34 heavy (non-hydrogen) atoms. The number of nitrogens with zero attached hydrogens (tertiary/aromatic N) is 2. The Balaban J connectivity index is 1.21. The Bertz CT molecular complexity index is 1220. The summed E-state index contributed by atoms with van der Waals surface area (Å²) in [6.45, 7) is 1.09. The molecule has 1 saturated heterocycles.